The van der Waals surface area contributed by atoms with Crippen LogP contribution in [0.25, 0.3) is 0 Å². The van der Waals surface area contributed by atoms with Crippen molar-refractivity contribution in [2.75, 3.05) is 17.2 Å². The van der Waals surface area contributed by atoms with Crippen LogP contribution in [0.1, 0.15) is 23.6 Å². The highest BCUT2D eigenvalue weighted by Gasteiger charge is 2.35. The number of hydrazone groups is 1. The minimum Gasteiger partial charge on any atom is -0.284 e. The lowest BCUT2D eigenvalue weighted by molar-refractivity contribution is 0.365. The first-order valence-electron chi connectivity index (χ1n) is 7.94. The number of halogens is 1. The minimum absolute atomic E-state index is 0.163. The number of benzene rings is 2. The maximum absolute atomic E-state index is 14.2. The van der Waals surface area contributed by atoms with E-state index in [9.17, 15) is 21.2 Å². The fourth-order valence-corrected chi connectivity index (χ4v) is 4.37. The molecule has 0 bridgehead atoms. The molecule has 0 saturated heterocycles. The molecule has 1 unspecified atom stereocenters. The van der Waals surface area contributed by atoms with Crippen LogP contribution in [0.2, 0.25) is 0 Å². The van der Waals surface area contributed by atoms with Crippen molar-refractivity contribution in [1.29, 1.82) is 0 Å². The predicted octanol–water partition coefficient (Wildman–Crippen LogP) is 2.31. The van der Waals surface area contributed by atoms with Crippen LogP contribution >= 0.6 is 0 Å². The van der Waals surface area contributed by atoms with E-state index in [4.69, 9.17) is 0 Å². The van der Waals surface area contributed by atoms with E-state index < -0.39 is 31.9 Å². The average molecular weight is 411 g/mol. The van der Waals surface area contributed by atoms with Gasteiger partial charge in [0.15, 0.2) is 0 Å². The minimum atomic E-state index is -3.73. The number of hydrogen-bond donors (Lipinski definition) is 1. The van der Waals surface area contributed by atoms with Crippen molar-refractivity contribution in [1.82, 2.24) is 4.41 Å². The Morgan fingerprint density at radius 2 is 1.78 bits per heavy atom. The molecule has 1 N–H and O–H groups in total. The first-order valence-corrected chi connectivity index (χ1v) is 11.7. The van der Waals surface area contributed by atoms with E-state index in [0.29, 0.717) is 17.0 Å². The molecule has 0 saturated carbocycles. The lowest BCUT2D eigenvalue weighted by Gasteiger charge is -2.21. The maximum Gasteiger partial charge on any atom is 0.247 e. The SMILES string of the molecule is CS(=O)(=O)Nc1cccc(C2=NN(S(C)(=O)=O)C(c3ccccc3F)C2)c1. The fraction of sp³-hybridized carbons (Fsp3) is 0.235. The normalized spacial score (nSPS) is 17.7. The molecule has 1 heterocycles. The molecule has 2 aromatic carbocycles. The molecular weight excluding hydrogens is 393 g/mol. The van der Waals surface area contributed by atoms with Gasteiger partial charge in [-0.25, -0.2) is 21.2 Å². The van der Waals surface area contributed by atoms with Crippen LogP contribution in [0.3, 0.4) is 0 Å². The van der Waals surface area contributed by atoms with E-state index in [-0.39, 0.29) is 12.0 Å². The van der Waals surface area contributed by atoms with Gasteiger partial charge in [0.1, 0.15) is 5.82 Å². The van der Waals surface area contributed by atoms with E-state index in [1.54, 1.807) is 30.3 Å². The van der Waals surface area contributed by atoms with Gasteiger partial charge in [-0.3, -0.25) is 4.72 Å². The molecule has 10 heteroatoms. The van der Waals surface area contributed by atoms with E-state index in [1.165, 1.54) is 18.2 Å². The van der Waals surface area contributed by atoms with E-state index in [2.05, 4.69) is 9.82 Å². The van der Waals surface area contributed by atoms with Crippen molar-refractivity contribution in [3.63, 3.8) is 0 Å². The van der Waals surface area contributed by atoms with Crippen LogP contribution in [0.5, 0.6) is 0 Å². The molecule has 0 aromatic heterocycles. The summed E-state index contributed by atoms with van der Waals surface area (Å²) in [6.45, 7) is 0. The zero-order valence-electron chi connectivity index (χ0n) is 14.6. The summed E-state index contributed by atoms with van der Waals surface area (Å²) in [6.07, 6.45) is 2.21. The van der Waals surface area contributed by atoms with Gasteiger partial charge in [0.2, 0.25) is 20.0 Å². The number of rotatable bonds is 5. The van der Waals surface area contributed by atoms with Crippen LogP contribution in [0, 0.1) is 5.82 Å². The zero-order valence-corrected chi connectivity index (χ0v) is 16.3. The third kappa shape index (κ3) is 4.45. The monoisotopic (exact) mass is 411 g/mol. The highest BCUT2D eigenvalue weighted by molar-refractivity contribution is 7.92. The quantitative estimate of drug-likeness (QED) is 0.817. The number of sulfonamides is 2. The number of hydrogen-bond acceptors (Lipinski definition) is 5. The van der Waals surface area contributed by atoms with Crippen LogP contribution < -0.4 is 4.72 Å². The second-order valence-corrected chi connectivity index (χ2v) is 9.87. The summed E-state index contributed by atoms with van der Waals surface area (Å²) in [4.78, 5) is 0. The van der Waals surface area contributed by atoms with Crippen molar-refractivity contribution in [2.24, 2.45) is 5.10 Å². The van der Waals surface area contributed by atoms with Gasteiger partial charge >= 0.3 is 0 Å². The summed E-state index contributed by atoms with van der Waals surface area (Å²) in [5, 5.41) is 4.18. The first kappa shape index (κ1) is 19.3. The Labute approximate surface area is 157 Å². The number of nitrogens with one attached hydrogen (secondary N) is 1. The molecule has 0 aliphatic carbocycles. The maximum atomic E-state index is 14.2. The molecule has 27 heavy (non-hydrogen) atoms. The van der Waals surface area contributed by atoms with Crippen molar-refractivity contribution in [3.05, 3.63) is 65.5 Å². The smallest absolute Gasteiger partial charge is 0.247 e. The van der Waals surface area contributed by atoms with Gasteiger partial charge in [-0.05, 0) is 23.8 Å². The lowest BCUT2D eigenvalue weighted by Crippen LogP contribution is -2.26. The Balaban J connectivity index is 2.00. The summed E-state index contributed by atoms with van der Waals surface area (Å²) in [6, 6.07) is 11.6. The largest absolute Gasteiger partial charge is 0.284 e. The summed E-state index contributed by atoms with van der Waals surface area (Å²) >= 11 is 0. The molecule has 3 rings (SSSR count). The highest BCUT2D eigenvalue weighted by atomic mass is 32.2. The van der Waals surface area contributed by atoms with Crippen LogP contribution in [-0.4, -0.2) is 39.5 Å². The molecule has 144 valence electrons. The zero-order chi connectivity index (χ0) is 19.8. The molecule has 0 radical (unpaired) electrons. The topological polar surface area (TPSA) is 95.9 Å². The van der Waals surface area contributed by atoms with E-state index >= 15 is 0 Å². The van der Waals surface area contributed by atoms with Crippen molar-refractivity contribution < 1.29 is 21.2 Å². The van der Waals surface area contributed by atoms with E-state index in [0.717, 1.165) is 16.9 Å². The van der Waals surface area contributed by atoms with Crippen LogP contribution in [-0.2, 0) is 20.0 Å². The molecule has 2 aromatic rings. The van der Waals surface area contributed by atoms with Crippen LogP contribution in [0.15, 0.2) is 53.6 Å². The molecule has 0 spiro atoms. The average Bonchev–Trinajstić information content (AvgIpc) is 2.99. The molecule has 0 fully saturated rings. The Hall–Kier alpha value is -2.46. The van der Waals surface area contributed by atoms with Gasteiger partial charge in [-0.2, -0.15) is 9.52 Å². The number of nitrogens with zero attached hydrogens (tertiary/aromatic N) is 2. The Morgan fingerprint density at radius 1 is 1.07 bits per heavy atom. The molecule has 0 amide bonds. The fourth-order valence-electron chi connectivity index (χ4n) is 2.92. The number of anilines is 1. The van der Waals surface area contributed by atoms with Gasteiger partial charge in [0.25, 0.3) is 0 Å². The van der Waals surface area contributed by atoms with E-state index in [1.807, 2.05) is 0 Å². The Bertz CT molecular complexity index is 1110. The van der Waals surface area contributed by atoms with Gasteiger partial charge in [-0.1, -0.05) is 30.3 Å². The molecule has 1 aliphatic rings. The second kappa shape index (κ2) is 6.93. The summed E-state index contributed by atoms with van der Waals surface area (Å²) in [7, 11) is -7.19. The standard InChI is InChI=1S/C17H18FN3O4S2/c1-26(22,23)20-13-7-5-6-12(10-13)16-11-17(21(19-16)27(2,24)25)14-8-3-4-9-15(14)18/h3-10,17,20H,11H2,1-2H3. The second-order valence-electron chi connectivity index (χ2n) is 6.28. The van der Waals surface area contributed by atoms with Gasteiger partial charge < -0.3 is 0 Å². The van der Waals surface area contributed by atoms with Gasteiger partial charge in [-0.15, -0.1) is 0 Å². The van der Waals surface area contributed by atoms with Crippen molar-refractivity contribution in [3.8, 4) is 0 Å². The van der Waals surface area contributed by atoms with Gasteiger partial charge in [0.05, 0.1) is 24.3 Å². The molecule has 1 aliphatic heterocycles. The summed E-state index contributed by atoms with van der Waals surface area (Å²) < 4.78 is 64.7. The Morgan fingerprint density at radius 3 is 2.41 bits per heavy atom. The van der Waals surface area contributed by atoms with Crippen molar-refractivity contribution in [2.45, 2.75) is 12.5 Å². The van der Waals surface area contributed by atoms with Crippen molar-refractivity contribution >= 4 is 31.4 Å². The summed E-state index contributed by atoms with van der Waals surface area (Å²) in [5.41, 5.74) is 1.53. The summed E-state index contributed by atoms with van der Waals surface area (Å²) in [5.74, 6) is -0.514. The molecular formula is C17H18FN3O4S2. The lowest BCUT2D eigenvalue weighted by atomic mass is 9.98. The molecule has 7 nitrogen and oxygen atoms in total. The van der Waals surface area contributed by atoms with Gasteiger partial charge in [0, 0.05) is 17.7 Å². The third-order valence-electron chi connectivity index (χ3n) is 3.98. The van der Waals surface area contributed by atoms with Crippen LogP contribution in [0.4, 0.5) is 10.1 Å². The molecule has 1 atom stereocenters. The Kier molecular flexibility index (Phi) is 4.96. The first-order chi connectivity index (χ1) is 12.5. The highest BCUT2D eigenvalue weighted by Crippen LogP contribution is 2.36. The third-order valence-corrected chi connectivity index (χ3v) is 5.60. The predicted molar refractivity (Wildman–Crippen MR) is 102 cm³/mol.